The van der Waals surface area contributed by atoms with Crippen molar-refractivity contribution in [1.29, 1.82) is 0 Å². The summed E-state index contributed by atoms with van der Waals surface area (Å²) in [6.07, 6.45) is 5.40. The third-order valence-corrected chi connectivity index (χ3v) is 5.36. The van der Waals surface area contributed by atoms with Crippen LogP contribution in [0.2, 0.25) is 0 Å². The van der Waals surface area contributed by atoms with Crippen LogP contribution in [0.4, 0.5) is 0 Å². The van der Waals surface area contributed by atoms with Gasteiger partial charge in [-0.1, -0.05) is 13.0 Å². The maximum Gasteiger partial charge on any atom is 0.158 e. The summed E-state index contributed by atoms with van der Waals surface area (Å²) in [5, 5.41) is 20.7. The van der Waals surface area contributed by atoms with Crippen molar-refractivity contribution in [2.45, 2.75) is 44.8 Å². The first kappa shape index (κ1) is 11.4. The summed E-state index contributed by atoms with van der Waals surface area (Å²) in [5.74, 6) is 0.151. The zero-order chi connectivity index (χ0) is 12.4. The highest BCUT2D eigenvalue weighted by atomic mass is 16.3. The molecule has 2 N–H and O–H groups in total. The molecule has 3 rings (SSSR count). The van der Waals surface area contributed by atoms with Gasteiger partial charge in [0.05, 0.1) is 11.7 Å². The van der Waals surface area contributed by atoms with Crippen molar-refractivity contribution >= 4 is 5.78 Å². The van der Waals surface area contributed by atoms with Crippen LogP contribution in [0.5, 0.6) is 0 Å². The van der Waals surface area contributed by atoms with E-state index in [1.165, 1.54) is 0 Å². The van der Waals surface area contributed by atoms with Gasteiger partial charge in [-0.3, -0.25) is 4.79 Å². The second-order valence-corrected chi connectivity index (χ2v) is 6.52. The number of aliphatic hydroxyl groups is 2. The average Bonchev–Trinajstić information content (AvgIpc) is 2.42. The van der Waals surface area contributed by atoms with Crippen molar-refractivity contribution in [1.82, 2.24) is 0 Å². The molecule has 94 valence electrons. The van der Waals surface area contributed by atoms with E-state index in [0.29, 0.717) is 12.8 Å². The van der Waals surface area contributed by atoms with Crippen LogP contribution in [0, 0.1) is 23.2 Å². The third kappa shape index (κ3) is 1.39. The quantitative estimate of drug-likeness (QED) is 0.666. The maximum absolute atomic E-state index is 11.8. The standard InChI is InChI=1S/C14H20O3/c1-8-10(15)3-4-14-6-9(13(2,17)7-14)5-11(16)12(8)14/h3-4,8-9,11-12,16-17H,5-7H2,1-2H3/t8-,9+,11-,12+,13-,14-/m0/s1. The Kier molecular flexibility index (Phi) is 2.15. The van der Waals surface area contributed by atoms with Crippen LogP contribution in [-0.4, -0.2) is 27.7 Å². The van der Waals surface area contributed by atoms with Crippen LogP contribution in [-0.2, 0) is 4.79 Å². The van der Waals surface area contributed by atoms with Crippen molar-refractivity contribution in [2.24, 2.45) is 23.2 Å². The zero-order valence-electron chi connectivity index (χ0n) is 10.4. The first-order chi connectivity index (χ1) is 7.86. The van der Waals surface area contributed by atoms with E-state index in [2.05, 4.69) is 0 Å². The monoisotopic (exact) mass is 236 g/mol. The number of aliphatic hydroxyl groups excluding tert-OH is 1. The van der Waals surface area contributed by atoms with Crippen molar-refractivity contribution in [3.63, 3.8) is 0 Å². The minimum Gasteiger partial charge on any atom is -0.393 e. The molecular formula is C14H20O3. The molecule has 0 amide bonds. The molecule has 0 heterocycles. The summed E-state index contributed by atoms with van der Waals surface area (Å²) >= 11 is 0. The van der Waals surface area contributed by atoms with Crippen molar-refractivity contribution in [3.8, 4) is 0 Å². The van der Waals surface area contributed by atoms with E-state index in [0.717, 1.165) is 6.42 Å². The van der Waals surface area contributed by atoms with Gasteiger partial charge in [0.25, 0.3) is 0 Å². The number of hydrogen-bond acceptors (Lipinski definition) is 3. The van der Waals surface area contributed by atoms with Gasteiger partial charge < -0.3 is 10.2 Å². The fourth-order valence-electron chi connectivity index (χ4n) is 4.62. The fraction of sp³-hybridized carbons (Fsp3) is 0.786. The van der Waals surface area contributed by atoms with Crippen molar-refractivity contribution < 1.29 is 15.0 Å². The predicted octanol–water partition coefficient (Wildman–Crippen LogP) is 1.29. The number of carbonyl (C=O) groups excluding carboxylic acids is 1. The molecule has 0 aromatic heterocycles. The highest BCUT2D eigenvalue weighted by molar-refractivity contribution is 5.93. The molecule has 0 radical (unpaired) electrons. The summed E-state index contributed by atoms with van der Waals surface area (Å²) in [6.45, 7) is 3.78. The zero-order valence-corrected chi connectivity index (χ0v) is 10.4. The number of ketones is 1. The summed E-state index contributed by atoms with van der Waals surface area (Å²) in [7, 11) is 0. The van der Waals surface area contributed by atoms with E-state index < -0.39 is 11.7 Å². The minimum atomic E-state index is -0.694. The molecule has 0 saturated heterocycles. The molecule has 6 atom stereocenters. The van der Waals surface area contributed by atoms with Gasteiger partial charge in [-0.25, -0.2) is 0 Å². The Morgan fingerprint density at radius 3 is 2.88 bits per heavy atom. The van der Waals surface area contributed by atoms with Crippen LogP contribution >= 0.6 is 0 Å². The summed E-state index contributed by atoms with van der Waals surface area (Å²) in [5.41, 5.74) is -0.848. The van der Waals surface area contributed by atoms with Crippen molar-refractivity contribution in [3.05, 3.63) is 12.2 Å². The lowest BCUT2D eigenvalue weighted by atomic mass is 9.58. The first-order valence-electron chi connectivity index (χ1n) is 6.49. The van der Waals surface area contributed by atoms with Gasteiger partial charge in [0.15, 0.2) is 5.78 Å². The molecule has 3 aliphatic carbocycles. The van der Waals surface area contributed by atoms with Gasteiger partial charge in [0.2, 0.25) is 0 Å². The molecule has 2 saturated carbocycles. The van der Waals surface area contributed by atoms with Crippen LogP contribution in [0.15, 0.2) is 12.2 Å². The molecule has 0 aromatic rings. The van der Waals surface area contributed by atoms with Crippen LogP contribution < -0.4 is 0 Å². The number of allylic oxidation sites excluding steroid dienone is 2. The van der Waals surface area contributed by atoms with Crippen molar-refractivity contribution in [2.75, 3.05) is 0 Å². The largest absolute Gasteiger partial charge is 0.393 e. The predicted molar refractivity (Wildman–Crippen MR) is 63.2 cm³/mol. The van der Waals surface area contributed by atoms with E-state index >= 15 is 0 Å². The molecule has 1 spiro atoms. The molecule has 3 heteroatoms. The lowest BCUT2D eigenvalue weighted by molar-refractivity contribution is -0.127. The molecule has 2 bridgehead atoms. The molecule has 3 nitrogen and oxygen atoms in total. The van der Waals surface area contributed by atoms with Crippen LogP contribution in [0.3, 0.4) is 0 Å². The Labute approximate surface area is 102 Å². The normalized spacial score (nSPS) is 57.1. The topological polar surface area (TPSA) is 57.5 Å². The van der Waals surface area contributed by atoms with Gasteiger partial charge in [-0.2, -0.15) is 0 Å². The molecule has 3 aliphatic rings. The number of rotatable bonds is 0. The minimum absolute atomic E-state index is 0.00905. The number of hydrogen-bond donors (Lipinski definition) is 2. The second-order valence-electron chi connectivity index (χ2n) is 6.52. The maximum atomic E-state index is 11.8. The van der Waals surface area contributed by atoms with Crippen LogP contribution in [0.25, 0.3) is 0 Å². The molecule has 0 unspecified atom stereocenters. The van der Waals surface area contributed by atoms with Gasteiger partial charge in [-0.05, 0) is 43.6 Å². The summed E-state index contributed by atoms with van der Waals surface area (Å²) in [6, 6.07) is 0. The molecule has 17 heavy (non-hydrogen) atoms. The third-order valence-electron chi connectivity index (χ3n) is 5.36. The van der Waals surface area contributed by atoms with E-state index in [9.17, 15) is 15.0 Å². The Hall–Kier alpha value is -0.670. The van der Waals surface area contributed by atoms with Crippen LogP contribution in [0.1, 0.15) is 33.1 Å². The Morgan fingerprint density at radius 1 is 1.47 bits per heavy atom. The van der Waals surface area contributed by atoms with E-state index in [-0.39, 0.29) is 29.0 Å². The molecule has 2 fully saturated rings. The molecule has 0 aromatic carbocycles. The highest BCUT2D eigenvalue weighted by Crippen LogP contribution is 2.62. The molecule has 0 aliphatic heterocycles. The second kappa shape index (κ2) is 3.21. The Morgan fingerprint density at radius 2 is 2.18 bits per heavy atom. The average molecular weight is 236 g/mol. The summed E-state index contributed by atoms with van der Waals surface area (Å²) < 4.78 is 0. The smallest absolute Gasteiger partial charge is 0.158 e. The van der Waals surface area contributed by atoms with E-state index in [4.69, 9.17) is 0 Å². The van der Waals surface area contributed by atoms with Gasteiger partial charge >= 0.3 is 0 Å². The van der Waals surface area contributed by atoms with Gasteiger partial charge in [0.1, 0.15) is 0 Å². The van der Waals surface area contributed by atoms with E-state index in [1.807, 2.05) is 19.9 Å². The lowest BCUT2D eigenvalue weighted by Crippen LogP contribution is -2.47. The Balaban J connectivity index is 2.08. The fourth-order valence-corrected chi connectivity index (χ4v) is 4.62. The van der Waals surface area contributed by atoms with Gasteiger partial charge in [-0.15, -0.1) is 0 Å². The van der Waals surface area contributed by atoms with Gasteiger partial charge in [0, 0.05) is 11.8 Å². The first-order valence-corrected chi connectivity index (χ1v) is 6.49. The molecular weight excluding hydrogens is 216 g/mol. The SMILES string of the molecule is C[C@H]1C(=O)C=C[C@@]23C[C@@H](C[C@H](O)[C@@H]12)[C@@](C)(O)C3. The summed E-state index contributed by atoms with van der Waals surface area (Å²) in [4.78, 5) is 11.8. The number of fused-ring (bicyclic) bond motifs is 1. The van der Waals surface area contributed by atoms with E-state index in [1.54, 1.807) is 6.08 Å². The number of carbonyl (C=O) groups is 1. The lowest BCUT2D eigenvalue weighted by Gasteiger charge is -2.46. The Bertz CT molecular complexity index is 398. The highest BCUT2D eigenvalue weighted by Gasteiger charge is 2.61.